The molecule has 0 unspecified atom stereocenters. The van der Waals surface area contributed by atoms with Crippen LogP contribution in [0.1, 0.15) is 20.3 Å². The van der Waals surface area contributed by atoms with E-state index >= 15 is 0 Å². The third kappa shape index (κ3) is 6.24. The molecule has 0 saturated heterocycles. The summed E-state index contributed by atoms with van der Waals surface area (Å²) in [6.45, 7) is 3.01. The largest absolute Gasteiger partial charge is 0.497 e. The van der Waals surface area contributed by atoms with Crippen LogP contribution >= 0.6 is 0 Å². The predicted molar refractivity (Wildman–Crippen MR) is 112 cm³/mol. The second-order valence-electron chi connectivity index (χ2n) is 6.27. The summed E-state index contributed by atoms with van der Waals surface area (Å²) in [7, 11) is 3.05. The smallest absolute Gasteiger partial charge is 0.226 e. The molecule has 2 rings (SSSR count). The zero-order valence-electron chi connectivity index (χ0n) is 16.9. The van der Waals surface area contributed by atoms with Crippen LogP contribution < -0.4 is 25.0 Å². The molecule has 0 aliphatic carbocycles. The maximum Gasteiger partial charge on any atom is 0.226 e. The van der Waals surface area contributed by atoms with Gasteiger partial charge in [-0.3, -0.25) is 14.4 Å². The van der Waals surface area contributed by atoms with Crippen molar-refractivity contribution in [3.05, 3.63) is 42.5 Å². The molecule has 154 valence electrons. The number of methoxy groups -OCH3 is 2. The first kappa shape index (κ1) is 21.7. The van der Waals surface area contributed by atoms with E-state index < -0.39 is 0 Å². The van der Waals surface area contributed by atoms with Crippen molar-refractivity contribution in [2.24, 2.45) is 0 Å². The van der Waals surface area contributed by atoms with Crippen molar-refractivity contribution in [2.45, 2.75) is 20.3 Å². The molecule has 2 N–H and O–H groups in total. The van der Waals surface area contributed by atoms with Crippen LogP contribution in [0.4, 0.5) is 17.1 Å². The molecule has 0 aliphatic rings. The number of hydrogen-bond donors (Lipinski definition) is 2. The number of benzene rings is 2. The highest BCUT2D eigenvalue weighted by molar-refractivity contribution is 5.96. The summed E-state index contributed by atoms with van der Waals surface area (Å²) in [5.74, 6) is 0.396. The average Bonchev–Trinajstić information content (AvgIpc) is 2.67. The summed E-state index contributed by atoms with van der Waals surface area (Å²) < 4.78 is 10.4. The third-order valence-electron chi connectivity index (χ3n) is 4.10. The lowest BCUT2D eigenvalue weighted by atomic mass is 10.2. The van der Waals surface area contributed by atoms with Crippen LogP contribution in [0.15, 0.2) is 42.5 Å². The Hall–Kier alpha value is -3.55. The first-order valence-corrected chi connectivity index (χ1v) is 9.01. The fraction of sp³-hybridized carbons (Fsp3) is 0.286. The summed E-state index contributed by atoms with van der Waals surface area (Å²) in [5, 5.41) is 5.46. The topological polar surface area (TPSA) is 97.0 Å². The van der Waals surface area contributed by atoms with Crippen LogP contribution in [0, 0.1) is 0 Å². The highest BCUT2D eigenvalue weighted by atomic mass is 16.5. The fourth-order valence-electron chi connectivity index (χ4n) is 2.76. The first-order valence-electron chi connectivity index (χ1n) is 9.01. The minimum absolute atomic E-state index is 0.0737. The van der Waals surface area contributed by atoms with Gasteiger partial charge in [0.25, 0.3) is 0 Å². The molecule has 29 heavy (non-hydrogen) atoms. The van der Waals surface area contributed by atoms with Gasteiger partial charge in [-0.1, -0.05) is 6.07 Å². The SMILES string of the molecule is COc1ccc(OC)c(NC(=O)CCN(C(C)=O)c2cccc(NC(C)=O)c2)c1. The number of ether oxygens (including phenoxy) is 2. The molecular weight excluding hydrogens is 374 g/mol. The maximum atomic E-state index is 12.4. The zero-order valence-corrected chi connectivity index (χ0v) is 16.9. The van der Waals surface area contributed by atoms with Gasteiger partial charge < -0.3 is 25.0 Å². The fourth-order valence-corrected chi connectivity index (χ4v) is 2.76. The molecule has 0 saturated carbocycles. The van der Waals surface area contributed by atoms with Crippen LogP contribution in [0.2, 0.25) is 0 Å². The lowest BCUT2D eigenvalue weighted by Crippen LogP contribution is -2.32. The maximum absolute atomic E-state index is 12.4. The number of anilines is 3. The van der Waals surface area contributed by atoms with E-state index in [4.69, 9.17) is 9.47 Å². The number of hydrogen-bond acceptors (Lipinski definition) is 5. The molecule has 8 heteroatoms. The molecule has 2 aromatic carbocycles. The van der Waals surface area contributed by atoms with E-state index in [1.165, 1.54) is 33.0 Å². The molecule has 0 heterocycles. The van der Waals surface area contributed by atoms with E-state index in [1.54, 1.807) is 42.5 Å². The Labute approximate surface area is 169 Å². The van der Waals surface area contributed by atoms with Gasteiger partial charge in [0.05, 0.1) is 19.9 Å². The van der Waals surface area contributed by atoms with Crippen molar-refractivity contribution < 1.29 is 23.9 Å². The van der Waals surface area contributed by atoms with E-state index in [9.17, 15) is 14.4 Å². The molecule has 8 nitrogen and oxygen atoms in total. The lowest BCUT2D eigenvalue weighted by Gasteiger charge is -2.22. The van der Waals surface area contributed by atoms with Crippen LogP contribution in [0.5, 0.6) is 11.5 Å². The Balaban J connectivity index is 2.09. The number of nitrogens with one attached hydrogen (secondary N) is 2. The Kier molecular flexibility index (Phi) is 7.59. The summed E-state index contributed by atoms with van der Waals surface area (Å²) in [4.78, 5) is 37.3. The average molecular weight is 399 g/mol. The van der Waals surface area contributed by atoms with Crippen LogP contribution in [0.25, 0.3) is 0 Å². The number of amides is 3. The normalized spacial score (nSPS) is 10.1. The standard InChI is InChI=1S/C21H25N3O5/c1-14(25)22-16-6-5-7-17(12-16)24(15(2)26)11-10-21(27)23-19-13-18(28-3)8-9-20(19)29-4/h5-9,12-13H,10-11H2,1-4H3,(H,22,25)(H,23,27). The number of carbonyl (C=O) groups is 3. The van der Waals surface area contributed by atoms with Crippen molar-refractivity contribution in [1.29, 1.82) is 0 Å². The molecule has 0 atom stereocenters. The molecule has 2 aromatic rings. The van der Waals surface area contributed by atoms with Gasteiger partial charge in [0.1, 0.15) is 11.5 Å². The molecule has 0 radical (unpaired) electrons. The van der Waals surface area contributed by atoms with Crippen molar-refractivity contribution >= 4 is 34.8 Å². The Morgan fingerprint density at radius 2 is 1.72 bits per heavy atom. The third-order valence-corrected chi connectivity index (χ3v) is 4.10. The molecule has 0 bridgehead atoms. The van der Waals surface area contributed by atoms with Gasteiger partial charge in [-0.15, -0.1) is 0 Å². The minimum Gasteiger partial charge on any atom is -0.497 e. The van der Waals surface area contributed by atoms with E-state index in [1.807, 2.05) is 0 Å². The van der Waals surface area contributed by atoms with Crippen molar-refractivity contribution in [2.75, 3.05) is 36.3 Å². The Morgan fingerprint density at radius 3 is 2.34 bits per heavy atom. The summed E-state index contributed by atoms with van der Waals surface area (Å²) >= 11 is 0. The Morgan fingerprint density at radius 1 is 0.966 bits per heavy atom. The van der Waals surface area contributed by atoms with Gasteiger partial charge in [0.2, 0.25) is 17.7 Å². The lowest BCUT2D eigenvalue weighted by molar-refractivity contribution is -0.117. The van der Waals surface area contributed by atoms with Gasteiger partial charge in [-0.25, -0.2) is 0 Å². The van der Waals surface area contributed by atoms with Crippen molar-refractivity contribution in [1.82, 2.24) is 0 Å². The summed E-state index contributed by atoms with van der Waals surface area (Å²) in [6, 6.07) is 12.0. The molecule has 3 amide bonds. The highest BCUT2D eigenvalue weighted by Crippen LogP contribution is 2.29. The monoisotopic (exact) mass is 399 g/mol. The number of carbonyl (C=O) groups excluding carboxylic acids is 3. The van der Waals surface area contributed by atoms with E-state index in [2.05, 4.69) is 10.6 Å². The van der Waals surface area contributed by atoms with E-state index in [-0.39, 0.29) is 30.7 Å². The van der Waals surface area contributed by atoms with Gasteiger partial charge >= 0.3 is 0 Å². The second kappa shape index (κ2) is 10.1. The molecule has 0 fully saturated rings. The second-order valence-corrected chi connectivity index (χ2v) is 6.27. The number of nitrogens with zero attached hydrogens (tertiary/aromatic N) is 1. The molecular formula is C21H25N3O5. The number of rotatable bonds is 8. The van der Waals surface area contributed by atoms with Gasteiger partial charge in [0.15, 0.2) is 0 Å². The molecule has 0 aliphatic heterocycles. The summed E-state index contributed by atoms with van der Waals surface area (Å²) in [6.07, 6.45) is 0.0737. The van der Waals surface area contributed by atoms with E-state index in [0.717, 1.165) is 0 Å². The van der Waals surface area contributed by atoms with E-state index in [0.29, 0.717) is 28.6 Å². The van der Waals surface area contributed by atoms with Gasteiger partial charge in [-0.2, -0.15) is 0 Å². The molecule has 0 spiro atoms. The van der Waals surface area contributed by atoms with Crippen LogP contribution in [0.3, 0.4) is 0 Å². The van der Waals surface area contributed by atoms with Crippen molar-refractivity contribution in [3.63, 3.8) is 0 Å². The quantitative estimate of drug-likeness (QED) is 0.711. The van der Waals surface area contributed by atoms with Crippen molar-refractivity contribution in [3.8, 4) is 11.5 Å². The van der Waals surface area contributed by atoms with Gasteiger partial charge in [0, 0.05) is 44.3 Å². The highest BCUT2D eigenvalue weighted by Gasteiger charge is 2.15. The van der Waals surface area contributed by atoms with Crippen LogP contribution in [-0.2, 0) is 14.4 Å². The zero-order chi connectivity index (χ0) is 21.4. The van der Waals surface area contributed by atoms with Crippen LogP contribution in [-0.4, -0.2) is 38.5 Å². The predicted octanol–water partition coefficient (Wildman–Crippen LogP) is 3.04. The summed E-state index contributed by atoms with van der Waals surface area (Å²) in [5.41, 5.74) is 1.65. The first-order chi connectivity index (χ1) is 13.8. The van der Waals surface area contributed by atoms with Gasteiger partial charge in [-0.05, 0) is 30.3 Å². The Bertz CT molecular complexity index is 898. The molecule has 0 aromatic heterocycles. The minimum atomic E-state index is -0.277.